The lowest BCUT2D eigenvalue weighted by Gasteiger charge is -2.26. The summed E-state index contributed by atoms with van der Waals surface area (Å²) < 4.78 is 5.23. The quantitative estimate of drug-likeness (QED) is 0.681. The van der Waals surface area contributed by atoms with Crippen LogP contribution < -0.4 is 5.32 Å². The number of hydrogen-bond acceptors (Lipinski definition) is 4. The molecule has 6 nitrogen and oxygen atoms in total. The number of hydrogen-bond donors (Lipinski definition) is 2. The molecule has 1 amide bonds. The van der Waals surface area contributed by atoms with E-state index in [2.05, 4.69) is 10.2 Å². The van der Waals surface area contributed by atoms with E-state index in [1.165, 1.54) is 0 Å². The van der Waals surface area contributed by atoms with E-state index in [0.717, 1.165) is 32.8 Å². The van der Waals surface area contributed by atoms with Crippen LogP contribution in [0.2, 0.25) is 0 Å². The maximum Gasteiger partial charge on any atom is 0.310 e. The highest BCUT2D eigenvalue weighted by Gasteiger charge is 2.51. The molecular weight excluding hydrogens is 236 g/mol. The van der Waals surface area contributed by atoms with Crippen molar-refractivity contribution in [3.63, 3.8) is 0 Å². The Labute approximate surface area is 106 Å². The van der Waals surface area contributed by atoms with Crippen LogP contribution in [0.5, 0.6) is 0 Å². The second kappa shape index (κ2) is 5.67. The SMILES string of the molecule is O=C(CC1(C(=O)O)CC1)NCCN1CCOCC1. The van der Waals surface area contributed by atoms with Gasteiger partial charge in [0.1, 0.15) is 0 Å². The summed E-state index contributed by atoms with van der Waals surface area (Å²) in [7, 11) is 0. The minimum absolute atomic E-state index is 0.117. The number of morpholine rings is 1. The van der Waals surface area contributed by atoms with Crippen LogP contribution in [-0.2, 0) is 14.3 Å². The van der Waals surface area contributed by atoms with Crippen molar-refractivity contribution in [1.29, 1.82) is 0 Å². The van der Waals surface area contributed by atoms with Crippen molar-refractivity contribution >= 4 is 11.9 Å². The fraction of sp³-hybridized carbons (Fsp3) is 0.833. The summed E-state index contributed by atoms with van der Waals surface area (Å²) >= 11 is 0. The van der Waals surface area contributed by atoms with Gasteiger partial charge in [-0.15, -0.1) is 0 Å². The zero-order chi connectivity index (χ0) is 13.0. The number of nitrogens with zero attached hydrogens (tertiary/aromatic N) is 1. The van der Waals surface area contributed by atoms with Crippen LogP contribution in [0.1, 0.15) is 19.3 Å². The van der Waals surface area contributed by atoms with E-state index in [4.69, 9.17) is 9.84 Å². The molecule has 18 heavy (non-hydrogen) atoms. The number of amides is 1. The zero-order valence-corrected chi connectivity index (χ0v) is 10.5. The van der Waals surface area contributed by atoms with Crippen molar-refractivity contribution < 1.29 is 19.4 Å². The minimum atomic E-state index is -0.842. The molecule has 1 aliphatic carbocycles. The molecular formula is C12H20N2O4. The van der Waals surface area contributed by atoms with Crippen molar-refractivity contribution in [2.24, 2.45) is 5.41 Å². The fourth-order valence-electron chi connectivity index (χ4n) is 2.17. The molecule has 1 saturated carbocycles. The molecule has 2 rings (SSSR count). The molecule has 0 spiro atoms. The first-order valence-electron chi connectivity index (χ1n) is 6.43. The lowest BCUT2D eigenvalue weighted by molar-refractivity contribution is -0.145. The first-order valence-corrected chi connectivity index (χ1v) is 6.43. The van der Waals surface area contributed by atoms with Crippen LogP contribution >= 0.6 is 0 Å². The van der Waals surface area contributed by atoms with E-state index < -0.39 is 11.4 Å². The zero-order valence-electron chi connectivity index (χ0n) is 10.5. The Kier molecular flexibility index (Phi) is 4.19. The smallest absolute Gasteiger partial charge is 0.310 e. The van der Waals surface area contributed by atoms with Crippen LogP contribution in [0.15, 0.2) is 0 Å². The van der Waals surface area contributed by atoms with Gasteiger partial charge in [0.25, 0.3) is 0 Å². The van der Waals surface area contributed by atoms with Gasteiger partial charge in [-0.05, 0) is 12.8 Å². The summed E-state index contributed by atoms with van der Waals surface area (Å²) in [5.41, 5.74) is -0.761. The van der Waals surface area contributed by atoms with Gasteiger partial charge in [-0.25, -0.2) is 0 Å². The molecule has 2 N–H and O–H groups in total. The van der Waals surface area contributed by atoms with E-state index in [9.17, 15) is 9.59 Å². The van der Waals surface area contributed by atoms with Gasteiger partial charge in [-0.1, -0.05) is 0 Å². The normalized spacial score (nSPS) is 22.4. The van der Waals surface area contributed by atoms with Gasteiger partial charge in [-0.3, -0.25) is 14.5 Å². The van der Waals surface area contributed by atoms with E-state index >= 15 is 0 Å². The van der Waals surface area contributed by atoms with Crippen LogP contribution in [0.25, 0.3) is 0 Å². The number of carboxylic acid groups (broad SMARTS) is 1. The summed E-state index contributed by atoms with van der Waals surface area (Å²) in [6, 6.07) is 0. The number of aliphatic carboxylic acids is 1. The molecule has 0 radical (unpaired) electrons. The molecule has 0 aromatic carbocycles. The van der Waals surface area contributed by atoms with E-state index in [0.29, 0.717) is 19.4 Å². The molecule has 0 unspecified atom stereocenters. The molecule has 1 aliphatic heterocycles. The standard InChI is InChI=1S/C12H20N2O4/c15-10(9-12(1-2-12)11(16)17)13-3-4-14-5-7-18-8-6-14/h1-9H2,(H,13,15)(H,16,17). The summed E-state index contributed by atoms with van der Waals surface area (Å²) in [6.45, 7) is 4.67. The predicted molar refractivity (Wildman–Crippen MR) is 64.2 cm³/mol. The van der Waals surface area contributed by atoms with Gasteiger partial charge in [0.05, 0.1) is 18.6 Å². The fourth-order valence-corrected chi connectivity index (χ4v) is 2.17. The third kappa shape index (κ3) is 3.43. The summed E-state index contributed by atoms with van der Waals surface area (Å²) in [5, 5.41) is 11.8. The Morgan fingerprint density at radius 2 is 1.94 bits per heavy atom. The highest BCUT2D eigenvalue weighted by molar-refractivity contribution is 5.86. The van der Waals surface area contributed by atoms with Crippen molar-refractivity contribution in [3.8, 4) is 0 Å². The number of nitrogens with one attached hydrogen (secondary N) is 1. The molecule has 6 heteroatoms. The second-order valence-electron chi connectivity index (χ2n) is 5.07. The van der Waals surface area contributed by atoms with Crippen molar-refractivity contribution in [1.82, 2.24) is 10.2 Å². The third-order valence-electron chi connectivity index (χ3n) is 3.66. The van der Waals surface area contributed by atoms with Gasteiger partial charge >= 0.3 is 5.97 Å². The highest BCUT2D eigenvalue weighted by Crippen LogP contribution is 2.48. The molecule has 0 bridgehead atoms. The van der Waals surface area contributed by atoms with E-state index in [1.807, 2.05) is 0 Å². The van der Waals surface area contributed by atoms with Gasteiger partial charge < -0.3 is 15.2 Å². The molecule has 0 atom stereocenters. The number of carbonyl (C=O) groups excluding carboxylic acids is 1. The number of ether oxygens (including phenoxy) is 1. The van der Waals surface area contributed by atoms with Gasteiger partial charge in [0.15, 0.2) is 0 Å². The van der Waals surface area contributed by atoms with E-state index in [1.54, 1.807) is 0 Å². The number of carbonyl (C=O) groups is 2. The van der Waals surface area contributed by atoms with Gasteiger partial charge in [-0.2, -0.15) is 0 Å². The van der Waals surface area contributed by atoms with Crippen LogP contribution in [-0.4, -0.2) is 61.3 Å². The molecule has 2 aliphatic rings. The predicted octanol–water partition coefficient (Wildman–Crippen LogP) is -0.310. The van der Waals surface area contributed by atoms with Gasteiger partial charge in [0, 0.05) is 32.6 Å². The first-order chi connectivity index (χ1) is 8.62. The number of carboxylic acids is 1. The van der Waals surface area contributed by atoms with Crippen LogP contribution in [0.3, 0.4) is 0 Å². The Hall–Kier alpha value is -1.14. The summed E-state index contributed by atoms with van der Waals surface area (Å²) in [4.78, 5) is 24.8. The molecule has 0 aromatic rings. The monoisotopic (exact) mass is 256 g/mol. The lowest BCUT2D eigenvalue weighted by Crippen LogP contribution is -2.41. The Morgan fingerprint density at radius 1 is 1.28 bits per heavy atom. The maximum atomic E-state index is 11.6. The molecule has 1 saturated heterocycles. The van der Waals surface area contributed by atoms with Crippen LogP contribution in [0, 0.1) is 5.41 Å². The van der Waals surface area contributed by atoms with Crippen molar-refractivity contribution in [2.45, 2.75) is 19.3 Å². The number of rotatable bonds is 6. The lowest BCUT2D eigenvalue weighted by atomic mass is 10.0. The summed E-state index contributed by atoms with van der Waals surface area (Å²) in [5.74, 6) is -0.992. The Morgan fingerprint density at radius 3 is 2.50 bits per heavy atom. The molecule has 2 fully saturated rings. The molecule has 102 valence electrons. The van der Waals surface area contributed by atoms with Crippen molar-refractivity contribution in [3.05, 3.63) is 0 Å². The third-order valence-corrected chi connectivity index (χ3v) is 3.66. The Bertz CT molecular complexity index is 322. The average Bonchev–Trinajstić information content (AvgIpc) is 3.11. The Balaban J connectivity index is 1.61. The minimum Gasteiger partial charge on any atom is -0.481 e. The largest absolute Gasteiger partial charge is 0.481 e. The second-order valence-corrected chi connectivity index (χ2v) is 5.07. The maximum absolute atomic E-state index is 11.6. The van der Waals surface area contributed by atoms with Gasteiger partial charge in [0.2, 0.25) is 5.91 Å². The average molecular weight is 256 g/mol. The van der Waals surface area contributed by atoms with Crippen molar-refractivity contribution in [2.75, 3.05) is 39.4 Å². The first kappa shape index (κ1) is 13.3. The molecule has 0 aromatic heterocycles. The topological polar surface area (TPSA) is 78.9 Å². The molecule has 1 heterocycles. The van der Waals surface area contributed by atoms with Crippen LogP contribution in [0.4, 0.5) is 0 Å². The van der Waals surface area contributed by atoms with E-state index in [-0.39, 0.29) is 12.3 Å². The highest BCUT2D eigenvalue weighted by atomic mass is 16.5. The summed E-state index contributed by atoms with van der Waals surface area (Å²) in [6.07, 6.45) is 1.36.